The maximum Gasteiger partial charge on any atom is 0.413 e. The smallest absolute Gasteiger partial charge is 0.413 e. The Morgan fingerprint density at radius 3 is 2.72 bits per heavy atom. The molecule has 2 N–H and O–H groups in total. The van der Waals surface area contributed by atoms with Gasteiger partial charge in [-0.1, -0.05) is 0 Å². The maximum atomic E-state index is 12.1. The Balaban J connectivity index is 1.56. The lowest BCUT2D eigenvalue weighted by Gasteiger charge is -2.05. The Bertz CT molecular complexity index is 861. The van der Waals surface area contributed by atoms with Crippen LogP contribution in [0.1, 0.15) is 5.69 Å². The van der Waals surface area contributed by atoms with Crippen molar-refractivity contribution in [3.8, 4) is 5.69 Å². The van der Waals surface area contributed by atoms with Crippen molar-refractivity contribution in [2.75, 3.05) is 17.7 Å². The Labute approximate surface area is 145 Å². The Hall–Kier alpha value is -3.34. The van der Waals surface area contributed by atoms with Crippen LogP contribution in [0.3, 0.4) is 0 Å². The van der Waals surface area contributed by atoms with Gasteiger partial charge in [-0.25, -0.2) is 14.5 Å². The first-order valence-corrected chi connectivity index (χ1v) is 7.94. The van der Waals surface area contributed by atoms with E-state index in [4.69, 9.17) is 0 Å². The molecule has 0 aliphatic heterocycles. The number of aromatic nitrogens is 5. The summed E-state index contributed by atoms with van der Waals surface area (Å²) < 4.78 is 5.99. The van der Waals surface area contributed by atoms with Crippen molar-refractivity contribution in [3.63, 3.8) is 0 Å². The molecule has 0 fully saturated rings. The fourth-order valence-electron chi connectivity index (χ4n) is 1.93. The molecule has 3 aromatic rings. The molecule has 1 aromatic carbocycles. The average Bonchev–Trinajstić information content (AvgIpc) is 3.27. The van der Waals surface area contributed by atoms with Crippen molar-refractivity contribution in [3.05, 3.63) is 41.7 Å². The first-order valence-electron chi connectivity index (χ1n) is 7.06. The molecule has 3 rings (SSSR count). The molecule has 11 heteroatoms. The van der Waals surface area contributed by atoms with Crippen LogP contribution in [0.25, 0.3) is 5.69 Å². The number of tetrazole rings is 1. The molecule has 0 spiro atoms. The highest BCUT2D eigenvalue weighted by molar-refractivity contribution is 7.13. The van der Waals surface area contributed by atoms with Crippen molar-refractivity contribution in [2.24, 2.45) is 0 Å². The monoisotopic (exact) mass is 359 g/mol. The number of nitrogens with zero attached hydrogens (tertiary/aromatic N) is 5. The van der Waals surface area contributed by atoms with E-state index >= 15 is 0 Å². The predicted octanol–water partition coefficient (Wildman–Crippen LogP) is 1.48. The van der Waals surface area contributed by atoms with Gasteiger partial charge in [-0.3, -0.25) is 10.1 Å². The van der Waals surface area contributed by atoms with Gasteiger partial charge < -0.3 is 10.1 Å². The van der Waals surface area contributed by atoms with Crippen LogP contribution in [0.2, 0.25) is 0 Å². The Morgan fingerprint density at radius 1 is 1.24 bits per heavy atom. The maximum absolute atomic E-state index is 12.1. The summed E-state index contributed by atoms with van der Waals surface area (Å²) >= 11 is 1.22. The van der Waals surface area contributed by atoms with E-state index in [1.165, 1.54) is 29.5 Å². The van der Waals surface area contributed by atoms with Crippen LogP contribution in [0, 0.1) is 0 Å². The summed E-state index contributed by atoms with van der Waals surface area (Å²) in [5.41, 5.74) is 1.98. The van der Waals surface area contributed by atoms with Gasteiger partial charge in [0, 0.05) is 11.1 Å². The Morgan fingerprint density at radius 2 is 2.04 bits per heavy atom. The van der Waals surface area contributed by atoms with Gasteiger partial charge in [0.1, 0.15) is 6.33 Å². The molecule has 0 radical (unpaired) electrons. The molecule has 2 aromatic heterocycles. The standard InChI is InChI=1S/C14H13N7O3S/c1-24-14(23)18-13-17-10(7-25-13)6-12(22)16-9-2-4-11(5-3-9)21-8-15-19-20-21/h2-5,7-8H,6H2,1H3,(H,16,22)(H,17,18,23). The minimum absolute atomic E-state index is 0.0914. The zero-order valence-corrected chi connectivity index (χ0v) is 13.9. The number of methoxy groups -OCH3 is 1. The third-order valence-corrected chi connectivity index (χ3v) is 3.86. The lowest BCUT2D eigenvalue weighted by Crippen LogP contribution is -2.15. The topological polar surface area (TPSA) is 124 Å². The zero-order chi connectivity index (χ0) is 17.6. The fraction of sp³-hybridized carbons (Fsp3) is 0.143. The largest absolute Gasteiger partial charge is 0.453 e. The van der Waals surface area contributed by atoms with Gasteiger partial charge in [-0.2, -0.15) is 0 Å². The van der Waals surface area contributed by atoms with Crippen LogP contribution in [-0.2, 0) is 16.0 Å². The van der Waals surface area contributed by atoms with E-state index in [0.29, 0.717) is 16.5 Å². The van der Waals surface area contributed by atoms with Crippen molar-refractivity contribution >= 4 is 34.2 Å². The summed E-state index contributed by atoms with van der Waals surface area (Å²) in [6, 6.07) is 7.07. The molecule has 0 atom stereocenters. The zero-order valence-electron chi connectivity index (χ0n) is 13.0. The second-order valence-corrected chi connectivity index (χ2v) is 5.64. The second kappa shape index (κ2) is 7.49. The number of anilines is 2. The molecule has 10 nitrogen and oxygen atoms in total. The number of nitrogens with one attached hydrogen (secondary N) is 2. The third-order valence-electron chi connectivity index (χ3n) is 3.05. The highest BCUT2D eigenvalue weighted by Crippen LogP contribution is 2.17. The quantitative estimate of drug-likeness (QED) is 0.707. The predicted molar refractivity (Wildman–Crippen MR) is 89.6 cm³/mol. The van der Waals surface area contributed by atoms with Gasteiger partial charge in [0.2, 0.25) is 5.91 Å². The van der Waals surface area contributed by atoms with Crippen LogP contribution >= 0.6 is 11.3 Å². The highest BCUT2D eigenvalue weighted by atomic mass is 32.1. The van der Waals surface area contributed by atoms with Gasteiger partial charge in [0.25, 0.3) is 0 Å². The molecule has 0 aliphatic rings. The summed E-state index contributed by atoms with van der Waals surface area (Å²) in [4.78, 5) is 27.3. The molecule has 128 valence electrons. The lowest BCUT2D eigenvalue weighted by atomic mass is 10.2. The second-order valence-electron chi connectivity index (χ2n) is 4.79. The van der Waals surface area contributed by atoms with Crippen molar-refractivity contribution in [1.82, 2.24) is 25.2 Å². The summed E-state index contributed by atoms with van der Waals surface area (Å²) in [6.07, 6.45) is 0.970. The fourth-order valence-corrected chi connectivity index (χ4v) is 2.63. The van der Waals surface area contributed by atoms with Crippen LogP contribution in [-0.4, -0.2) is 44.3 Å². The van der Waals surface area contributed by atoms with E-state index in [-0.39, 0.29) is 12.3 Å². The first-order chi connectivity index (χ1) is 12.1. The number of carbonyl (C=O) groups is 2. The summed E-state index contributed by atoms with van der Waals surface area (Å²) in [5.74, 6) is -0.218. The van der Waals surface area contributed by atoms with Crippen molar-refractivity contribution in [2.45, 2.75) is 6.42 Å². The number of hydrogen-bond acceptors (Lipinski definition) is 8. The number of carbonyl (C=O) groups excluding carboxylic acids is 2. The molecule has 0 saturated carbocycles. The number of benzene rings is 1. The number of hydrogen-bond donors (Lipinski definition) is 2. The van der Waals surface area contributed by atoms with Gasteiger partial charge >= 0.3 is 6.09 Å². The summed E-state index contributed by atoms with van der Waals surface area (Å²) in [7, 11) is 1.27. The van der Waals surface area contributed by atoms with E-state index in [1.54, 1.807) is 29.6 Å². The van der Waals surface area contributed by atoms with Crippen molar-refractivity contribution < 1.29 is 14.3 Å². The molecule has 0 saturated heterocycles. The highest BCUT2D eigenvalue weighted by Gasteiger charge is 2.10. The number of amides is 2. The lowest BCUT2D eigenvalue weighted by molar-refractivity contribution is -0.115. The van der Waals surface area contributed by atoms with Crippen LogP contribution in [0.5, 0.6) is 0 Å². The van der Waals surface area contributed by atoms with Gasteiger partial charge in [0.05, 0.1) is 24.9 Å². The molecule has 2 heterocycles. The van der Waals surface area contributed by atoms with Crippen LogP contribution in [0.4, 0.5) is 15.6 Å². The minimum Gasteiger partial charge on any atom is -0.453 e. The molecule has 0 unspecified atom stereocenters. The van der Waals surface area contributed by atoms with E-state index in [2.05, 4.69) is 35.9 Å². The molecule has 2 amide bonds. The summed E-state index contributed by atoms with van der Waals surface area (Å²) in [6.45, 7) is 0. The van der Waals surface area contributed by atoms with E-state index in [9.17, 15) is 9.59 Å². The molecular formula is C14H13N7O3S. The SMILES string of the molecule is COC(=O)Nc1nc(CC(=O)Nc2ccc(-n3cnnn3)cc2)cs1. The van der Waals surface area contributed by atoms with E-state index in [1.807, 2.05) is 0 Å². The van der Waals surface area contributed by atoms with E-state index in [0.717, 1.165) is 5.69 Å². The Kier molecular flexibility index (Phi) is 4.95. The van der Waals surface area contributed by atoms with Crippen molar-refractivity contribution in [1.29, 1.82) is 0 Å². The molecular weight excluding hydrogens is 346 g/mol. The minimum atomic E-state index is -0.604. The van der Waals surface area contributed by atoms with Gasteiger partial charge in [-0.15, -0.1) is 16.4 Å². The number of thiazole rings is 1. The van der Waals surface area contributed by atoms with Crippen LogP contribution < -0.4 is 10.6 Å². The average molecular weight is 359 g/mol. The molecule has 25 heavy (non-hydrogen) atoms. The van der Waals surface area contributed by atoms with Gasteiger partial charge in [-0.05, 0) is 34.7 Å². The summed E-state index contributed by atoms with van der Waals surface area (Å²) in [5, 5.41) is 18.2. The van der Waals surface area contributed by atoms with E-state index < -0.39 is 6.09 Å². The normalized spacial score (nSPS) is 10.3. The number of rotatable bonds is 5. The number of ether oxygens (including phenoxy) is 1. The molecule has 0 aliphatic carbocycles. The van der Waals surface area contributed by atoms with Gasteiger partial charge in [0.15, 0.2) is 5.13 Å². The van der Waals surface area contributed by atoms with Crippen LogP contribution in [0.15, 0.2) is 36.0 Å². The molecule has 0 bridgehead atoms. The third kappa shape index (κ3) is 4.35. The first kappa shape index (κ1) is 16.5.